The van der Waals surface area contributed by atoms with Crippen LogP contribution in [0.5, 0.6) is 0 Å². The fraction of sp³-hybridized carbons (Fsp3) is 0.722. The van der Waals surface area contributed by atoms with Gasteiger partial charge in [-0.05, 0) is 57.2 Å². The molecule has 0 saturated carbocycles. The summed E-state index contributed by atoms with van der Waals surface area (Å²) >= 11 is 1.96. The van der Waals surface area contributed by atoms with E-state index in [4.69, 9.17) is 0 Å². The molecule has 124 valence electrons. The summed E-state index contributed by atoms with van der Waals surface area (Å²) in [6.45, 7) is 10.4. The zero-order valence-electron chi connectivity index (χ0n) is 14.5. The topological polar surface area (TPSA) is 28.2 Å². The highest BCUT2D eigenvalue weighted by molar-refractivity contribution is 7.99. The Kier molecular flexibility index (Phi) is 6.72. The van der Waals surface area contributed by atoms with Crippen LogP contribution >= 0.6 is 11.8 Å². The highest BCUT2D eigenvalue weighted by Crippen LogP contribution is 2.27. The van der Waals surface area contributed by atoms with Crippen molar-refractivity contribution in [1.82, 2.24) is 15.2 Å². The molecule has 0 aliphatic carbocycles. The van der Waals surface area contributed by atoms with E-state index in [0.717, 1.165) is 6.54 Å². The maximum atomic E-state index is 4.21. The third-order valence-corrected chi connectivity index (χ3v) is 5.86. The molecule has 1 aromatic rings. The molecule has 1 aromatic heterocycles. The largest absolute Gasteiger partial charge is 0.311 e. The van der Waals surface area contributed by atoms with Crippen molar-refractivity contribution in [2.45, 2.75) is 63.4 Å². The molecule has 0 radical (unpaired) electrons. The van der Waals surface area contributed by atoms with Crippen LogP contribution in [0.2, 0.25) is 0 Å². The number of nitrogens with zero attached hydrogens (tertiary/aromatic N) is 2. The average molecular weight is 322 g/mol. The molecule has 0 unspecified atom stereocenters. The first-order valence-electron chi connectivity index (χ1n) is 8.41. The second-order valence-electron chi connectivity index (χ2n) is 7.15. The Labute approximate surface area is 140 Å². The van der Waals surface area contributed by atoms with E-state index in [-0.39, 0.29) is 0 Å². The van der Waals surface area contributed by atoms with Gasteiger partial charge in [-0.1, -0.05) is 19.9 Å². The zero-order chi connectivity index (χ0) is 16.0. The van der Waals surface area contributed by atoms with E-state index in [0.29, 0.717) is 16.8 Å². The van der Waals surface area contributed by atoms with E-state index in [9.17, 15) is 0 Å². The summed E-state index contributed by atoms with van der Waals surface area (Å²) in [5, 5.41) is 3.84. The number of aromatic nitrogens is 1. The molecule has 1 saturated heterocycles. The van der Waals surface area contributed by atoms with Gasteiger partial charge in [-0.15, -0.1) is 0 Å². The molecule has 0 bridgehead atoms. The van der Waals surface area contributed by atoms with Crippen LogP contribution in [0.4, 0.5) is 0 Å². The quantitative estimate of drug-likeness (QED) is 0.831. The Morgan fingerprint density at radius 2 is 2.14 bits per heavy atom. The van der Waals surface area contributed by atoms with Crippen molar-refractivity contribution in [2.24, 2.45) is 0 Å². The third-order valence-electron chi connectivity index (χ3n) is 4.59. The van der Waals surface area contributed by atoms with Gasteiger partial charge in [-0.25, -0.2) is 0 Å². The van der Waals surface area contributed by atoms with Crippen LogP contribution in [0.25, 0.3) is 0 Å². The fourth-order valence-electron chi connectivity index (χ4n) is 3.29. The predicted octanol–water partition coefficient (Wildman–Crippen LogP) is 3.56. The van der Waals surface area contributed by atoms with Crippen LogP contribution in [0.1, 0.15) is 45.6 Å². The molecule has 1 N–H and O–H groups in total. The smallest absolute Gasteiger partial charge is 0.0312 e. The predicted molar refractivity (Wildman–Crippen MR) is 97.3 cm³/mol. The van der Waals surface area contributed by atoms with E-state index >= 15 is 0 Å². The van der Waals surface area contributed by atoms with Crippen LogP contribution in [0.15, 0.2) is 24.5 Å². The number of rotatable bonds is 7. The van der Waals surface area contributed by atoms with E-state index < -0.39 is 0 Å². The van der Waals surface area contributed by atoms with Crippen molar-refractivity contribution in [1.29, 1.82) is 0 Å². The van der Waals surface area contributed by atoms with E-state index in [1.807, 2.05) is 30.2 Å². The van der Waals surface area contributed by atoms with Crippen LogP contribution < -0.4 is 5.32 Å². The minimum absolute atomic E-state index is 0.368. The molecular weight excluding hydrogens is 290 g/mol. The molecule has 1 fully saturated rings. The second kappa shape index (κ2) is 8.32. The standard InChI is InChI=1S/C18H31N3S/c1-15(12-18(2,3)22-4)20-17-7-10-21(11-8-17)14-16-6-5-9-19-13-16/h5-6,9,13,15,17,20H,7-8,10-12,14H2,1-4H3/t15-/m1/s1. The van der Waals surface area contributed by atoms with Crippen LogP contribution in [-0.4, -0.2) is 46.1 Å². The van der Waals surface area contributed by atoms with Crippen LogP contribution in [-0.2, 0) is 6.54 Å². The maximum Gasteiger partial charge on any atom is 0.0312 e. The zero-order valence-corrected chi connectivity index (χ0v) is 15.3. The van der Waals surface area contributed by atoms with Gasteiger partial charge in [-0.2, -0.15) is 11.8 Å². The summed E-state index contributed by atoms with van der Waals surface area (Å²) < 4.78 is 0.368. The van der Waals surface area contributed by atoms with Gasteiger partial charge in [0, 0.05) is 35.8 Å². The molecule has 2 heterocycles. The molecule has 0 spiro atoms. The van der Waals surface area contributed by atoms with Gasteiger partial charge in [0.2, 0.25) is 0 Å². The number of likely N-dealkylation sites (tertiary alicyclic amines) is 1. The number of pyridine rings is 1. The number of hydrogen-bond acceptors (Lipinski definition) is 4. The molecule has 0 amide bonds. The van der Waals surface area contributed by atoms with Gasteiger partial charge < -0.3 is 5.32 Å². The molecule has 22 heavy (non-hydrogen) atoms. The Balaban J connectivity index is 1.71. The highest BCUT2D eigenvalue weighted by atomic mass is 32.2. The SMILES string of the molecule is CSC(C)(C)C[C@@H](C)NC1CCN(Cc2cccnc2)CC1. The van der Waals surface area contributed by atoms with Crippen LogP contribution in [0.3, 0.4) is 0 Å². The summed E-state index contributed by atoms with van der Waals surface area (Å²) in [7, 11) is 0. The van der Waals surface area contributed by atoms with Gasteiger partial charge in [-0.3, -0.25) is 9.88 Å². The first-order valence-corrected chi connectivity index (χ1v) is 9.63. The lowest BCUT2D eigenvalue weighted by Gasteiger charge is -2.35. The summed E-state index contributed by atoms with van der Waals surface area (Å²) in [4.78, 5) is 6.75. The van der Waals surface area contributed by atoms with Gasteiger partial charge in [0.25, 0.3) is 0 Å². The number of thioether (sulfide) groups is 1. The van der Waals surface area contributed by atoms with Crippen molar-refractivity contribution in [3.05, 3.63) is 30.1 Å². The first kappa shape index (κ1) is 17.8. The summed E-state index contributed by atoms with van der Waals surface area (Å²) in [6.07, 6.45) is 9.77. The van der Waals surface area contributed by atoms with E-state index in [2.05, 4.69) is 48.3 Å². The molecule has 4 heteroatoms. The minimum atomic E-state index is 0.368. The Morgan fingerprint density at radius 3 is 2.73 bits per heavy atom. The van der Waals surface area contributed by atoms with E-state index in [1.165, 1.54) is 37.9 Å². The Hall–Kier alpha value is -0.580. The molecule has 3 nitrogen and oxygen atoms in total. The molecule has 1 atom stereocenters. The lowest BCUT2D eigenvalue weighted by molar-refractivity contribution is 0.183. The summed E-state index contributed by atoms with van der Waals surface area (Å²) in [5.74, 6) is 0. The van der Waals surface area contributed by atoms with Gasteiger partial charge in [0.1, 0.15) is 0 Å². The van der Waals surface area contributed by atoms with Gasteiger partial charge in [0.15, 0.2) is 0 Å². The normalized spacial score (nSPS) is 19.3. The molecule has 1 aliphatic heterocycles. The molecular formula is C18H31N3S. The minimum Gasteiger partial charge on any atom is -0.311 e. The molecule has 0 aromatic carbocycles. The molecule has 1 aliphatic rings. The van der Waals surface area contributed by atoms with Gasteiger partial charge in [0.05, 0.1) is 0 Å². The highest BCUT2D eigenvalue weighted by Gasteiger charge is 2.24. The van der Waals surface area contributed by atoms with Gasteiger partial charge >= 0.3 is 0 Å². The lowest BCUT2D eigenvalue weighted by atomic mass is 9.99. The lowest BCUT2D eigenvalue weighted by Crippen LogP contribution is -2.46. The van der Waals surface area contributed by atoms with Crippen molar-refractivity contribution >= 4 is 11.8 Å². The monoisotopic (exact) mass is 321 g/mol. The summed E-state index contributed by atoms with van der Waals surface area (Å²) in [6, 6.07) is 5.47. The fourth-order valence-corrected chi connectivity index (χ4v) is 3.71. The van der Waals surface area contributed by atoms with Crippen molar-refractivity contribution in [3.63, 3.8) is 0 Å². The Bertz CT molecular complexity index is 427. The average Bonchev–Trinajstić information content (AvgIpc) is 2.50. The van der Waals surface area contributed by atoms with E-state index in [1.54, 1.807) is 0 Å². The number of nitrogens with one attached hydrogen (secondary N) is 1. The van der Waals surface area contributed by atoms with Crippen LogP contribution in [0, 0.1) is 0 Å². The number of piperidine rings is 1. The van der Waals surface area contributed by atoms with Crippen molar-refractivity contribution < 1.29 is 0 Å². The third kappa shape index (κ3) is 5.90. The molecule has 2 rings (SSSR count). The second-order valence-corrected chi connectivity index (χ2v) is 8.66. The van der Waals surface area contributed by atoms with Crippen molar-refractivity contribution in [3.8, 4) is 0 Å². The van der Waals surface area contributed by atoms with Crippen molar-refractivity contribution in [2.75, 3.05) is 19.3 Å². The number of hydrogen-bond donors (Lipinski definition) is 1. The summed E-state index contributed by atoms with van der Waals surface area (Å²) in [5.41, 5.74) is 1.32. The first-order chi connectivity index (χ1) is 10.5. The Morgan fingerprint density at radius 1 is 1.41 bits per heavy atom. The maximum absolute atomic E-state index is 4.21.